The zero-order valence-electron chi connectivity index (χ0n) is 10.8. The summed E-state index contributed by atoms with van der Waals surface area (Å²) in [4.78, 5) is 4.25. The van der Waals surface area contributed by atoms with Crippen LogP contribution in [0.2, 0.25) is 0 Å². The molecule has 1 fully saturated rings. The van der Waals surface area contributed by atoms with Crippen molar-refractivity contribution < 1.29 is 14.4 Å². The van der Waals surface area contributed by atoms with Gasteiger partial charge in [0.15, 0.2) is 0 Å². The summed E-state index contributed by atoms with van der Waals surface area (Å²) in [5.74, 6) is 1.17. The maximum Gasteiger partial charge on any atom is 0.263 e. The van der Waals surface area contributed by atoms with Gasteiger partial charge in [-0.15, -0.1) is 0 Å². The van der Waals surface area contributed by atoms with Gasteiger partial charge >= 0.3 is 0 Å². The first kappa shape index (κ1) is 13.3. The lowest BCUT2D eigenvalue weighted by Gasteiger charge is -2.35. The minimum absolute atomic E-state index is 0.121. The lowest BCUT2D eigenvalue weighted by atomic mass is 9.81. The lowest BCUT2D eigenvalue weighted by molar-refractivity contribution is -0.00867. The second kappa shape index (κ2) is 6.15. The van der Waals surface area contributed by atoms with Crippen molar-refractivity contribution in [3.63, 3.8) is 0 Å². The van der Waals surface area contributed by atoms with E-state index in [9.17, 15) is 5.11 Å². The van der Waals surface area contributed by atoms with Gasteiger partial charge in [-0.25, -0.2) is 0 Å². The van der Waals surface area contributed by atoms with E-state index in [1.165, 1.54) is 0 Å². The van der Waals surface area contributed by atoms with Crippen LogP contribution in [0.15, 0.2) is 4.52 Å². The van der Waals surface area contributed by atoms with Crippen molar-refractivity contribution >= 4 is 5.95 Å². The van der Waals surface area contributed by atoms with Crippen LogP contribution in [0, 0.1) is 5.41 Å². The van der Waals surface area contributed by atoms with E-state index in [4.69, 9.17) is 9.26 Å². The normalized spacial score (nSPS) is 18.8. The molecule has 1 aromatic heterocycles. The number of ether oxygens (including phenoxy) is 1. The summed E-state index contributed by atoms with van der Waals surface area (Å²) in [5.41, 5.74) is -0.121. The van der Waals surface area contributed by atoms with Gasteiger partial charge in [-0.2, -0.15) is 4.98 Å². The van der Waals surface area contributed by atoms with Gasteiger partial charge in [0.05, 0.1) is 6.61 Å². The van der Waals surface area contributed by atoms with Crippen LogP contribution in [0.5, 0.6) is 0 Å². The number of aliphatic hydroxyl groups excluding tert-OH is 1. The number of aliphatic hydroxyl groups is 1. The van der Waals surface area contributed by atoms with Crippen LogP contribution in [-0.2, 0) is 11.2 Å². The summed E-state index contributed by atoms with van der Waals surface area (Å²) in [6.45, 7) is 4.28. The Morgan fingerprint density at radius 2 is 2.17 bits per heavy atom. The van der Waals surface area contributed by atoms with Gasteiger partial charge in [-0.1, -0.05) is 6.92 Å². The average molecular weight is 255 g/mol. The van der Waals surface area contributed by atoms with Crippen molar-refractivity contribution in [2.75, 3.05) is 31.7 Å². The van der Waals surface area contributed by atoms with Crippen LogP contribution in [0.4, 0.5) is 5.95 Å². The minimum Gasteiger partial charge on any atom is -0.396 e. The van der Waals surface area contributed by atoms with Gasteiger partial charge in [0, 0.05) is 31.6 Å². The smallest absolute Gasteiger partial charge is 0.263 e. The molecule has 2 rings (SSSR count). The number of anilines is 1. The third-order valence-electron chi connectivity index (χ3n) is 3.44. The SMILES string of the molecule is CCCc1nc(NCC2(CO)CCOCC2)no1. The molecule has 0 atom stereocenters. The zero-order valence-corrected chi connectivity index (χ0v) is 10.8. The second-order valence-electron chi connectivity index (χ2n) is 4.89. The van der Waals surface area contributed by atoms with E-state index in [2.05, 4.69) is 22.4 Å². The van der Waals surface area contributed by atoms with Gasteiger partial charge in [-0.3, -0.25) is 0 Å². The van der Waals surface area contributed by atoms with Gasteiger partial charge < -0.3 is 19.7 Å². The van der Waals surface area contributed by atoms with Crippen LogP contribution in [-0.4, -0.2) is 41.6 Å². The van der Waals surface area contributed by atoms with Crippen LogP contribution in [0.25, 0.3) is 0 Å². The number of rotatable bonds is 6. The Kier molecular flexibility index (Phi) is 4.54. The number of hydrogen-bond acceptors (Lipinski definition) is 6. The number of aryl methyl sites for hydroxylation is 1. The summed E-state index contributed by atoms with van der Waals surface area (Å²) in [6.07, 6.45) is 3.50. The predicted octanol–water partition coefficient (Wildman–Crippen LogP) is 1.22. The highest BCUT2D eigenvalue weighted by Crippen LogP contribution is 2.29. The highest BCUT2D eigenvalue weighted by Gasteiger charge is 2.32. The fourth-order valence-corrected chi connectivity index (χ4v) is 2.10. The topological polar surface area (TPSA) is 80.4 Å². The molecule has 0 aliphatic carbocycles. The summed E-state index contributed by atoms with van der Waals surface area (Å²) >= 11 is 0. The Hall–Kier alpha value is -1.14. The molecule has 102 valence electrons. The molecule has 0 radical (unpaired) electrons. The zero-order chi connectivity index (χ0) is 12.8. The van der Waals surface area contributed by atoms with Crippen molar-refractivity contribution in [2.45, 2.75) is 32.6 Å². The van der Waals surface area contributed by atoms with Crippen molar-refractivity contribution in [1.82, 2.24) is 10.1 Å². The third-order valence-corrected chi connectivity index (χ3v) is 3.44. The Balaban J connectivity index is 1.88. The average Bonchev–Trinajstić information content (AvgIpc) is 2.86. The Labute approximate surface area is 107 Å². The van der Waals surface area contributed by atoms with E-state index in [0.717, 1.165) is 25.7 Å². The molecule has 2 heterocycles. The number of hydrogen-bond donors (Lipinski definition) is 2. The number of aromatic nitrogens is 2. The molecule has 1 aliphatic rings. The molecular formula is C12H21N3O3. The monoisotopic (exact) mass is 255 g/mol. The van der Waals surface area contributed by atoms with E-state index in [1.807, 2.05) is 0 Å². The van der Waals surface area contributed by atoms with E-state index in [1.54, 1.807) is 0 Å². The van der Waals surface area contributed by atoms with Gasteiger partial charge in [0.25, 0.3) is 5.95 Å². The largest absolute Gasteiger partial charge is 0.396 e. The van der Waals surface area contributed by atoms with Gasteiger partial charge in [0.1, 0.15) is 0 Å². The Bertz CT molecular complexity index is 361. The Morgan fingerprint density at radius 1 is 1.39 bits per heavy atom. The molecule has 0 spiro atoms. The van der Waals surface area contributed by atoms with Crippen molar-refractivity contribution in [3.8, 4) is 0 Å². The molecule has 2 N–H and O–H groups in total. The predicted molar refractivity (Wildman–Crippen MR) is 66.4 cm³/mol. The van der Waals surface area contributed by atoms with Crippen LogP contribution in [0.1, 0.15) is 32.1 Å². The van der Waals surface area contributed by atoms with Gasteiger partial charge in [0.2, 0.25) is 5.89 Å². The standard InChI is InChI=1S/C12H21N3O3/c1-2-3-10-14-11(15-18-10)13-8-12(9-16)4-6-17-7-5-12/h16H,2-9H2,1H3,(H,13,15). The third kappa shape index (κ3) is 3.20. The molecule has 6 nitrogen and oxygen atoms in total. The number of nitrogens with one attached hydrogen (secondary N) is 1. The van der Waals surface area contributed by atoms with E-state index in [-0.39, 0.29) is 12.0 Å². The molecule has 0 bridgehead atoms. The second-order valence-corrected chi connectivity index (χ2v) is 4.89. The lowest BCUT2D eigenvalue weighted by Crippen LogP contribution is -2.39. The quantitative estimate of drug-likeness (QED) is 0.795. The van der Waals surface area contributed by atoms with Crippen LogP contribution < -0.4 is 5.32 Å². The summed E-state index contributed by atoms with van der Waals surface area (Å²) in [5, 5.41) is 16.6. The maximum absolute atomic E-state index is 9.55. The first-order valence-electron chi connectivity index (χ1n) is 6.53. The van der Waals surface area contributed by atoms with Crippen molar-refractivity contribution in [2.24, 2.45) is 5.41 Å². The summed E-state index contributed by atoms with van der Waals surface area (Å²) in [7, 11) is 0. The molecule has 18 heavy (non-hydrogen) atoms. The molecule has 0 unspecified atom stereocenters. The fraction of sp³-hybridized carbons (Fsp3) is 0.833. The highest BCUT2D eigenvalue weighted by atomic mass is 16.5. The Morgan fingerprint density at radius 3 is 2.83 bits per heavy atom. The summed E-state index contributed by atoms with van der Waals surface area (Å²) < 4.78 is 10.4. The van der Waals surface area contributed by atoms with E-state index in [0.29, 0.717) is 31.6 Å². The van der Waals surface area contributed by atoms with Crippen molar-refractivity contribution in [1.29, 1.82) is 0 Å². The van der Waals surface area contributed by atoms with E-state index < -0.39 is 0 Å². The number of nitrogens with zero attached hydrogens (tertiary/aromatic N) is 2. The van der Waals surface area contributed by atoms with Crippen molar-refractivity contribution in [3.05, 3.63) is 5.89 Å². The molecule has 1 saturated heterocycles. The molecular weight excluding hydrogens is 234 g/mol. The molecule has 6 heteroatoms. The molecule has 0 saturated carbocycles. The van der Waals surface area contributed by atoms with Crippen LogP contribution in [0.3, 0.4) is 0 Å². The van der Waals surface area contributed by atoms with E-state index >= 15 is 0 Å². The molecule has 0 amide bonds. The molecule has 1 aliphatic heterocycles. The fourth-order valence-electron chi connectivity index (χ4n) is 2.10. The minimum atomic E-state index is -0.121. The molecule has 1 aromatic rings. The first-order valence-corrected chi connectivity index (χ1v) is 6.53. The maximum atomic E-state index is 9.55. The molecule has 0 aromatic carbocycles. The van der Waals surface area contributed by atoms with Crippen LogP contribution >= 0.6 is 0 Å². The van der Waals surface area contributed by atoms with Gasteiger partial charge in [-0.05, 0) is 24.4 Å². The highest BCUT2D eigenvalue weighted by molar-refractivity contribution is 5.22. The first-order chi connectivity index (χ1) is 8.78. The summed E-state index contributed by atoms with van der Waals surface area (Å²) in [6, 6.07) is 0.